The van der Waals surface area contributed by atoms with Gasteiger partial charge in [0, 0.05) is 6.04 Å². The van der Waals surface area contributed by atoms with Gasteiger partial charge in [-0.05, 0) is 48.6 Å². The maximum Gasteiger partial charge on any atom is 0.0180 e. The van der Waals surface area contributed by atoms with E-state index in [1.54, 1.807) is 0 Å². The van der Waals surface area contributed by atoms with Crippen molar-refractivity contribution in [2.75, 3.05) is 13.1 Å². The number of hydrogen-bond donors (Lipinski definition) is 0. The van der Waals surface area contributed by atoms with Gasteiger partial charge in [0.05, 0.1) is 0 Å². The molecule has 0 aromatic heterocycles. The van der Waals surface area contributed by atoms with Gasteiger partial charge < -0.3 is 0 Å². The molecule has 0 spiro atoms. The van der Waals surface area contributed by atoms with Crippen LogP contribution in [0.3, 0.4) is 0 Å². The summed E-state index contributed by atoms with van der Waals surface area (Å²) in [5.74, 6) is 1.87. The van der Waals surface area contributed by atoms with Crippen LogP contribution >= 0.6 is 0 Å². The van der Waals surface area contributed by atoms with Crippen molar-refractivity contribution in [3.8, 4) is 0 Å². The average molecular weight is 223 g/mol. The van der Waals surface area contributed by atoms with E-state index < -0.39 is 0 Å². The molecular formula is C15H29N. The van der Waals surface area contributed by atoms with E-state index in [1.165, 1.54) is 25.9 Å². The molecule has 0 amide bonds. The summed E-state index contributed by atoms with van der Waals surface area (Å²) in [7, 11) is 0. The third-order valence-electron chi connectivity index (χ3n) is 4.70. The fourth-order valence-corrected chi connectivity index (χ4v) is 4.31. The van der Waals surface area contributed by atoms with E-state index >= 15 is 0 Å². The lowest BCUT2D eigenvalue weighted by Crippen LogP contribution is -2.62. The molecule has 0 radical (unpaired) electrons. The predicted octanol–water partition coefficient (Wildman–Crippen LogP) is 3.79. The van der Waals surface area contributed by atoms with Crippen LogP contribution in [0.5, 0.6) is 0 Å². The Balaban J connectivity index is 2.32. The van der Waals surface area contributed by atoms with Crippen LogP contribution in [0.1, 0.15) is 54.4 Å². The Morgan fingerprint density at radius 2 is 1.31 bits per heavy atom. The molecule has 3 rings (SSSR count). The summed E-state index contributed by atoms with van der Waals surface area (Å²) in [6.45, 7) is 17.3. The first-order valence-electron chi connectivity index (χ1n) is 6.95. The number of nitrogens with zero attached hydrogens (tertiary/aromatic N) is 1. The fourth-order valence-electron chi connectivity index (χ4n) is 4.31. The van der Waals surface area contributed by atoms with Crippen LogP contribution < -0.4 is 0 Å². The van der Waals surface area contributed by atoms with Crippen molar-refractivity contribution in [3.05, 3.63) is 0 Å². The highest BCUT2D eigenvalue weighted by Crippen LogP contribution is 2.51. The van der Waals surface area contributed by atoms with E-state index in [-0.39, 0.29) is 0 Å². The summed E-state index contributed by atoms with van der Waals surface area (Å²) < 4.78 is 0. The molecule has 3 heterocycles. The van der Waals surface area contributed by atoms with Crippen LogP contribution in [0.2, 0.25) is 0 Å². The SMILES string of the molecule is CC(C)(C)[C@@H]1C2CCN(CC2)[C@@H]1C(C)(C)C. The van der Waals surface area contributed by atoms with Crippen LogP contribution in [0.25, 0.3) is 0 Å². The summed E-state index contributed by atoms with van der Waals surface area (Å²) >= 11 is 0. The van der Waals surface area contributed by atoms with Crippen molar-refractivity contribution in [1.82, 2.24) is 4.90 Å². The average Bonchev–Trinajstić information content (AvgIpc) is 2.15. The van der Waals surface area contributed by atoms with Crippen LogP contribution in [0.15, 0.2) is 0 Å². The zero-order valence-corrected chi connectivity index (χ0v) is 12.0. The lowest BCUT2D eigenvalue weighted by molar-refractivity contribution is -0.101. The highest BCUT2D eigenvalue weighted by Gasteiger charge is 2.50. The van der Waals surface area contributed by atoms with Crippen molar-refractivity contribution in [3.63, 3.8) is 0 Å². The van der Waals surface area contributed by atoms with Gasteiger partial charge in [-0.3, -0.25) is 4.90 Å². The van der Waals surface area contributed by atoms with E-state index in [2.05, 4.69) is 46.4 Å². The summed E-state index contributed by atoms with van der Waals surface area (Å²) in [4.78, 5) is 2.77. The van der Waals surface area contributed by atoms with Gasteiger partial charge in [-0.25, -0.2) is 0 Å². The molecule has 0 aromatic rings. The van der Waals surface area contributed by atoms with Gasteiger partial charge in [-0.1, -0.05) is 41.5 Å². The van der Waals surface area contributed by atoms with Gasteiger partial charge in [-0.15, -0.1) is 0 Å². The van der Waals surface area contributed by atoms with Crippen LogP contribution in [-0.4, -0.2) is 24.0 Å². The zero-order chi connectivity index (χ0) is 12.1. The maximum atomic E-state index is 2.77. The molecule has 0 unspecified atom stereocenters. The Labute approximate surface area is 102 Å². The Morgan fingerprint density at radius 3 is 1.62 bits per heavy atom. The predicted molar refractivity (Wildman–Crippen MR) is 70.5 cm³/mol. The highest BCUT2D eigenvalue weighted by atomic mass is 15.2. The molecule has 3 aliphatic heterocycles. The van der Waals surface area contributed by atoms with Crippen molar-refractivity contribution in [2.45, 2.75) is 60.4 Å². The molecule has 0 aromatic carbocycles. The first-order chi connectivity index (χ1) is 7.21. The van der Waals surface area contributed by atoms with Crippen molar-refractivity contribution < 1.29 is 0 Å². The van der Waals surface area contributed by atoms with E-state index in [0.29, 0.717) is 10.8 Å². The fraction of sp³-hybridized carbons (Fsp3) is 1.00. The molecule has 3 aliphatic rings. The molecule has 2 atom stereocenters. The zero-order valence-electron chi connectivity index (χ0n) is 12.0. The maximum absolute atomic E-state index is 2.77. The smallest absolute Gasteiger partial charge is 0.0180 e. The lowest BCUT2D eigenvalue weighted by atomic mass is 9.57. The second-order valence-electron chi connectivity index (χ2n) is 8.08. The second-order valence-corrected chi connectivity index (χ2v) is 8.08. The molecule has 1 heteroatoms. The van der Waals surface area contributed by atoms with Crippen LogP contribution in [0, 0.1) is 22.7 Å². The molecule has 94 valence electrons. The quantitative estimate of drug-likeness (QED) is 0.604. The van der Waals surface area contributed by atoms with Crippen molar-refractivity contribution in [1.29, 1.82) is 0 Å². The topological polar surface area (TPSA) is 3.24 Å². The molecule has 3 saturated heterocycles. The monoisotopic (exact) mass is 223 g/mol. The molecule has 16 heavy (non-hydrogen) atoms. The first kappa shape index (κ1) is 12.4. The van der Waals surface area contributed by atoms with Gasteiger partial charge in [-0.2, -0.15) is 0 Å². The molecule has 1 nitrogen and oxygen atoms in total. The Kier molecular flexibility index (Phi) is 2.89. The molecular weight excluding hydrogens is 194 g/mol. The largest absolute Gasteiger partial charge is 0.300 e. The minimum Gasteiger partial charge on any atom is -0.300 e. The Hall–Kier alpha value is -0.0400. The number of hydrogen-bond acceptors (Lipinski definition) is 1. The van der Waals surface area contributed by atoms with E-state index in [0.717, 1.165) is 17.9 Å². The third-order valence-corrected chi connectivity index (χ3v) is 4.70. The minimum atomic E-state index is 0.428. The van der Waals surface area contributed by atoms with Gasteiger partial charge in [0.15, 0.2) is 0 Å². The van der Waals surface area contributed by atoms with Gasteiger partial charge in [0.25, 0.3) is 0 Å². The Morgan fingerprint density at radius 1 is 0.812 bits per heavy atom. The summed E-state index contributed by atoms with van der Waals surface area (Å²) in [6.07, 6.45) is 2.88. The normalized spacial score (nSPS) is 40.1. The molecule has 3 fully saturated rings. The summed E-state index contributed by atoms with van der Waals surface area (Å²) in [6, 6.07) is 0.792. The molecule has 0 aliphatic carbocycles. The minimum absolute atomic E-state index is 0.428. The van der Waals surface area contributed by atoms with Crippen LogP contribution in [-0.2, 0) is 0 Å². The molecule has 0 N–H and O–H groups in total. The van der Waals surface area contributed by atoms with Crippen molar-refractivity contribution >= 4 is 0 Å². The van der Waals surface area contributed by atoms with E-state index in [9.17, 15) is 0 Å². The van der Waals surface area contributed by atoms with Gasteiger partial charge in [0.2, 0.25) is 0 Å². The standard InChI is InChI=1S/C15H29N/c1-14(2,3)12-11-7-9-16(10-8-11)13(12)15(4,5)6/h11-13H,7-10H2,1-6H3/t12-,13+/m1/s1. The van der Waals surface area contributed by atoms with Crippen LogP contribution in [0.4, 0.5) is 0 Å². The number of piperidine rings is 3. The molecule has 2 bridgehead atoms. The Bertz CT molecular complexity index is 220. The first-order valence-corrected chi connectivity index (χ1v) is 6.95. The number of fused-ring (bicyclic) bond motifs is 3. The highest BCUT2D eigenvalue weighted by molar-refractivity contribution is 5.03. The number of rotatable bonds is 0. The summed E-state index contributed by atoms with van der Waals surface area (Å²) in [5.41, 5.74) is 0.888. The second kappa shape index (κ2) is 3.73. The third kappa shape index (κ3) is 2.03. The summed E-state index contributed by atoms with van der Waals surface area (Å²) in [5, 5.41) is 0. The van der Waals surface area contributed by atoms with Gasteiger partial charge >= 0.3 is 0 Å². The lowest BCUT2D eigenvalue weighted by Gasteiger charge is -2.59. The molecule has 0 saturated carbocycles. The van der Waals surface area contributed by atoms with E-state index in [1.807, 2.05) is 0 Å². The van der Waals surface area contributed by atoms with Crippen molar-refractivity contribution in [2.24, 2.45) is 22.7 Å². The van der Waals surface area contributed by atoms with E-state index in [4.69, 9.17) is 0 Å². The van der Waals surface area contributed by atoms with Gasteiger partial charge in [0.1, 0.15) is 0 Å².